The van der Waals surface area contributed by atoms with Gasteiger partial charge in [-0.15, -0.1) is 0 Å². The smallest absolute Gasteiger partial charge is 0.0734 e. The van der Waals surface area contributed by atoms with Crippen molar-refractivity contribution in [3.8, 4) is 6.07 Å². The molecule has 1 fully saturated rings. The van der Waals surface area contributed by atoms with Crippen LogP contribution in [0.2, 0.25) is 0 Å². The molecular weight excluding hydrogens is 182 g/mol. The van der Waals surface area contributed by atoms with Crippen LogP contribution < -0.4 is 0 Å². The molecule has 1 aliphatic rings. The number of thioether (sulfide) groups is 1. The van der Waals surface area contributed by atoms with E-state index in [0.717, 1.165) is 18.6 Å². The molecule has 0 radical (unpaired) electrons. The van der Waals surface area contributed by atoms with Crippen LogP contribution in [0, 0.1) is 16.7 Å². The second-order valence-corrected chi connectivity index (χ2v) is 4.75. The van der Waals surface area contributed by atoms with Gasteiger partial charge in [0.15, 0.2) is 0 Å². The van der Waals surface area contributed by atoms with Crippen molar-refractivity contribution in [3.63, 3.8) is 0 Å². The van der Waals surface area contributed by atoms with Crippen LogP contribution in [-0.2, 0) is 0 Å². The molecule has 1 atom stereocenters. The summed E-state index contributed by atoms with van der Waals surface area (Å²) in [6.07, 6.45) is 6.56. The van der Waals surface area contributed by atoms with Crippen LogP contribution >= 0.6 is 11.8 Å². The Hall–Kier alpha value is -0.200. The Bertz CT molecular complexity index is 194. The van der Waals surface area contributed by atoms with E-state index in [-0.39, 0.29) is 5.41 Å². The minimum atomic E-state index is -0.410. The third-order valence-corrected chi connectivity index (χ3v) is 3.89. The van der Waals surface area contributed by atoms with E-state index in [1.165, 1.54) is 12.8 Å². The molecule has 0 bridgehead atoms. The highest BCUT2D eigenvalue weighted by molar-refractivity contribution is 7.98. The molecule has 0 saturated heterocycles. The van der Waals surface area contributed by atoms with Gasteiger partial charge in [-0.1, -0.05) is 12.8 Å². The van der Waals surface area contributed by atoms with Gasteiger partial charge in [0.05, 0.1) is 18.6 Å². The second-order valence-electron chi connectivity index (χ2n) is 3.88. The number of aliphatic hydroxyl groups excluding tert-OH is 1. The van der Waals surface area contributed by atoms with Gasteiger partial charge in [-0.2, -0.15) is 17.0 Å². The van der Waals surface area contributed by atoms with Crippen LogP contribution in [0.5, 0.6) is 0 Å². The maximum absolute atomic E-state index is 9.89. The molecule has 0 amide bonds. The largest absolute Gasteiger partial charge is 0.391 e. The average Bonchev–Trinajstić information content (AvgIpc) is 2.55. The summed E-state index contributed by atoms with van der Waals surface area (Å²) in [4.78, 5) is 0. The molecule has 0 aromatic rings. The molecule has 0 heterocycles. The zero-order chi connectivity index (χ0) is 9.73. The topological polar surface area (TPSA) is 44.0 Å². The number of nitrogens with zero attached hydrogens (tertiary/aromatic N) is 1. The number of nitriles is 1. The highest BCUT2D eigenvalue weighted by Gasteiger charge is 2.39. The van der Waals surface area contributed by atoms with E-state index in [2.05, 4.69) is 12.3 Å². The number of rotatable bonds is 4. The van der Waals surface area contributed by atoms with Crippen molar-refractivity contribution in [2.45, 2.75) is 38.2 Å². The van der Waals surface area contributed by atoms with Crippen LogP contribution in [0.3, 0.4) is 0 Å². The highest BCUT2D eigenvalue weighted by atomic mass is 32.2. The Morgan fingerprint density at radius 2 is 2.15 bits per heavy atom. The first kappa shape index (κ1) is 10.9. The van der Waals surface area contributed by atoms with Crippen molar-refractivity contribution in [2.75, 3.05) is 12.0 Å². The van der Waals surface area contributed by atoms with E-state index in [9.17, 15) is 5.11 Å². The summed E-state index contributed by atoms with van der Waals surface area (Å²) in [5, 5.41) is 18.5. The lowest BCUT2D eigenvalue weighted by atomic mass is 9.81. The molecule has 1 rings (SSSR count). The van der Waals surface area contributed by atoms with Crippen molar-refractivity contribution in [1.82, 2.24) is 0 Å². The van der Waals surface area contributed by atoms with Gasteiger partial charge >= 0.3 is 0 Å². The minimum Gasteiger partial charge on any atom is -0.391 e. The molecule has 0 aromatic heterocycles. The Balaban J connectivity index is 2.60. The molecule has 13 heavy (non-hydrogen) atoms. The predicted octanol–water partition coefficient (Wildman–Crippen LogP) is 2.18. The van der Waals surface area contributed by atoms with Gasteiger partial charge in [-0.3, -0.25) is 0 Å². The molecule has 1 aliphatic carbocycles. The summed E-state index contributed by atoms with van der Waals surface area (Å²) in [6, 6.07) is 2.07. The molecule has 0 aliphatic heterocycles. The van der Waals surface area contributed by atoms with Crippen molar-refractivity contribution >= 4 is 11.8 Å². The van der Waals surface area contributed by atoms with E-state index >= 15 is 0 Å². The van der Waals surface area contributed by atoms with Crippen LogP contribution in [-0.4, -0.2) is 23.2 Å². The molecule has 3 heteroatoms. The zero-order valence-electron chi connectivity index (χ0n) is 8.12. The molecule has 1 unspecified atom stereocenters. The van der Waals surface area contributed by atoms with Gasteiger partial charge in [0.25, 0.3) is 0 Å². The molecular formula is C10H17NOS. The van der Waals surface area contributed by atoms with Gasteiger partial charge in [0.2, 0.25) is 0 Å². The van der Waals surface area contributed by atoms with Crippen molar-refractivity contribution in [1.29, 1.82) is 5.26 Å². The summed E-state index contributed by atoms with van der Waals surface area (Å²) in [7, 11) is 0. The van der Waals surface area contributed by atoms with E-state index in [1.807, 2.05) is 0 Å². The average molecular weight is 199 g/mol. The first-order valence-electron chi connectivity index (χ1n) is 4.79. The van der Waals surface area contributed by atoms with E-state index in [1.54, 1.807) is 11.8 Å². The zero-order valence-corrected chi connectivity index (χ0v) is 8.94. The summed E-state index contributed by atoms with van der Waals surface area (Å²) in [5.41, 5.74) is 0.0507. The molecule has 74 valence electrons. The Morgan fingerprint density at radius 3 is 2.62 bits per heavy atom. The Kier molecular flexibility index (Phi) is 4.08. The van der Waals surface area contributed by atoms with Crippen molar-refractivity contribution in [2.24, 2.45) is 5.41 Å². The lowest BCUT2D eigenvalue weighted by molar-refractivity contribution is 0.0495. The summed E-state index contributed by atoms with van der Waals surface area (Å²) < 4.78 is 0. The third kappa shape index (κ3) is 2.38. The SMILES string of the molecule is CSCC1(C(O)CC#N)CCCC1. The molecule has 1 N–H and O–H groups in total. The summed E-state index contributed by atoms with van der Waals surface area (Å²) in [5.74, 6) is 0.996. The van der Waals surface area contributed by atoms with Gasteiger partial charge in [0.1, 0.15) is 0 Å². The number of hydrogen-bond donors (Lipinski definition) is 1. The lowest BCUT2D eigenvalue weighted by Crippen LogP contribution is -2.34. The fourth-order valence-corrected chi connectivity index (χ4v) is 3.30. The van der Waals surface area contributed by atoms with Crippen LogP contribution in [0.15, 0.2) is 0 Å². The maximum Gasteiger partial charge on any atom is 0.0734 e. The fourth-order valence-electron chi connectivity index (χ4n) is 2.24. The van der Waals surface area contributed by atoms with E-state index < -0.39 is 6.10 Å². The normalized spacial score (nSPS) is 22.5. The van der Waals surface area contributed by atoms with Crippen LogP contribution in [0.25, 0.3) is 0 Å². The Morgan fingerprint density at radius 1 is 1.54 bits per heavy atom. The highest BCUT2D eigenvalue weighted by Crippen LogP contribution is 2.44. The Labute approximate surface area is 84.3 Å². The fraction of sp³-hybridized carbons (Fsp3) is 0.900. The quantitative estimate of drug-likeness (QED) is 0.754. The van der Waals surface area contributed by atoms with Gasteiger partial charge in [-0.25, -0.2) is 0 Å². The first-order valence-corrected chi connectivity index (χ1v) is 6.18. The van der Waals surface area contributed by atoms with E-state index in [4.69, 9.17) is 5.26 Å². The van der Waals surface area contributed by atoms with E-state index in [0.29, 0.717) is 6.42 Å². The number of aliphatic hydroxyl groups is 1. The van der Waals surface area contributed by atoms with Crippen LogP contribution in [0.4, 0.5) is 0 Å². The maximum atomic E-state index is 9.89. The van der Waals surface area contributed by atoms with Gasteiger partial charge in [-0.05, 0) is 19.1 Å². The molecule has 1 saturated carbocycles. The minimum absolute atomic E-state index is 0.0507. The van der Waals surface area contributed by atoms with Crippen molar-refractivity contribution < 1.29 is 5.11 Å². The predicted molar refractivity (Wildman–Crippen MR) is 55.5 cm³/mol. The third-order valence-electron chi connectivity index (χ3n) is 3.02. The second kappa shape index (κ2) is 4.88. The molecule has 2 nitrogen and oxygen atoms in total. The lowest BCUT2D eigenvalue weighted by Gasteiger charge is -2.32. The molecule has 0 aromatic carbocycles. The standard InChI is InChI=1S/C10H17NOS/c1-13-8-10(5-2-3-6-10)9(12)4-7-11/h9,12H,2-6,8H2,1H3. The monoisotopic (exact) mass is 199 g/mol. The molecule has 0 spiro atoms. The first-order chi connectivity index (χ1) is 6.25. The summed E-state index contributed by atoms with van der Waals surface area (Å²) >= 11 is 1.78. The van der Waals surface area contributed by atoms with Gasteiger partial charge in [0, 0.05) is 11.2 Å². The van der Waals surface area contributed by atoms with Crippen molar-refractivity contribution in [3.05, 3.63) is 0 Å². The number of hydrogen-bond acceptors (Lipinski definition) is 3. The summed E-state index contributed by atoms with van der Waals surface area (Å²) in [6.45, 7) is 0. The van der Waals surface area contributed by atoms with Gasteiger partial charge < -0.3 is 5.11 Å². The van der Waals surface area contributed by atoms with Crippen LogP contribution in [0.1, 0.15) is 32.1 Å².